The van der Waals surface area contributed by atoms with Gasteiger partial charge in [0.05, 0.1) is 12.9 Å². The summed E-state index contributed by atoms with van der Waals surface area (Å²) < 4.78 is 28.4. The molecule has 2 aromatic rings. The predicted molar refractivity (Wildman–Crippen MR) is 77.6 cm³/mol. The molecule has 0 fully saturated rings. The first kappa shape index (κ1) is 15.2. The zero-order valence-corrected chi connectivity index (χ0v) is 12.5. The normalized spacial score (nSPS) is 11.5. The van der Waals surface area contributed by atoms with Crippen molar-refractivity contribution in [2.75, 3.05) is 12.9 Å². The van der Waals surface area contributed by atoms with Gasteiger partial charge in [0.15, 0.2) is 0 Å². The van der Waals surface area contributed by atoms with Crippen molar-refractivity contribution in [3.8, 4) is 6.07 Å². The second-order valence-electron chi connectivity index (χ2n) is 4.65. The van der Waals surface area contributed by atoms with Crippen molar-refractivity contribution < 1.29 is 17.4 Å². The number of nitriles is 1. The summed E-state index contributed by atoms with van der Waals surface area (Å²) in [4.78, 5) is 11.0. The van der Waals surface area contributed by atoms with E-state index in [0.717, 1.165) is 29.0 Å². The molecule has 2 rings (SSSR count). The number of nitrogens with zero attached hydrogens (tertiary/aromatic N) is 2. The molecule has 0 atom stereocenters. The lowest BCUT2D eigenvalue weighted by molar-refractivity contribution is 0.112. The van der Waals surface area contributed by atoms with E-state index in [1.54, 1.807) is 22.8 Å². The summed E-state index contributed by atoms with van der Waals surface area (Å²) in [5, 5.41) is 10.00. The van der Waals surface area contributed by atoms with Gasteiger partial charge in [-0.2, -0.15) is 13.7 Å². The van der Waals surface area contributed by atoms with E-state index in [1.807, 2.05) is 6.92 Å². The topological polar surface area (TPSA) is 89.2 Å². The molecule has 0 aliphatic carbocycles. The molecule has 1 aromatic carbocycles. The fourth-order valence-corrected chi connectivity index (χ4v) is 2.61. The number of hydrogen-bond acceptors (Lipinski definition) is 5. The zero-order chi connectivity index (χ0) is 15.6. The van der Waals surface area contributed by atoms with E-state index in [0.29, 0.717) is 11.3 Å². The largest absolute Gasteiger partial charge is 0.330 e. The number of rotatable bonds is 5. The fraction of sp³-hybridized carbons (Fsp3) is 0.286. The maximum absolute atomic E-state index is 11.0. The maximum Gasteiger partial charge on any atom is 0.264 e. The van der Waals surface area contributed by atoms with E-state index in [4.69, 9.17) is 4.18 Å². The second kappa shape index (κ2) is 5.68. The third-order valence-electron chi connectivity index (χ3n) is 3.25. The summed E-state index contributed by atoms with van der Waals surface area (Å²) in [7, 11) is -3.51. The highest BCUT2D eigenvalue weighted by Crippen LogP contribution is 2.25. The summed E-state index contributed by atoms with van der Waals surface area (Å²) in [6.45, 7) is 2.00. The highest BCUT2D eigenvalue weighted by Gasteiger charge is 2.13. The molecule has 0 N–H and O–H groups in total. The molecule has 110 valence electrons. The molecule has 0 spiro atoms. The quantitative estimate of drug-likeness (QED) is 0.618. The first-order valence-electron chi connectivity index (χ1n) is 6.20. The third kappa shape index (κ3) is 3.12. The molecule has 6 nitrogen and oxygen atoms in total. The van der Waals surface area contributed by atoms with Crippen LogP contribution >= 0.6 is 0 Å². The first-order valence-corrected chi connectivity index (χ1v) is 8.01. The van der Waals surface area contributed by atoms with E-state index in [2.05, 4.69) is 6.07 Å². The molecule has 0 saturated carbocycles. The molecule has 0 radical (unpaired) electrons. The van der Waals surface area contributed by atoms with Gasteiger partial charge >= 0.3 is 0 Å². The fourth-order valence-electron chi connectivity index (χ4n) is 2.23. The van der Waals surface area contributed by atoms with Crippen LogP contribution in [0.1, 0.15) is 21.6 Å². The van der Waals surface area contributed by atoms with Gasteiger partial charge in [-0.3, -0.25) is 8.98 Å². The molecule has 0 aliphatic rings. The van der Waals surface area contributed by atoms with Crippen LogP contribution in [-0.4, -0.2) is 32.1 Å². The average molecular weight is 306 g/mol. The van der Waals surface area contributed by atoms with Crippen molar-refractivity contribution in [2.24, 2.45) is 0 Å². The molecule has 0 aliphatic heterocycles. The highest BCUT2D eigenvalue weighted by molar-refractivity contribution is 7.85. The monoisotopic (exact) mass is 306 g/mol. The van der Waals surface area contributed by atoms with Crippen molar-refractivity contribution in [3.05, 3.63) is 35.0 Å². The van der Waals surface area contributed by atoms with Crippen LogP contribution in [0.25, 0.3) is 10.9 Å². The Hall–Kier alpha value is -2.17. The summed E-state index contributed by atoms with van der Waals surface area (Å²) in [6.07, 6.45) is 1.75. The van der Waals surface area contributed by atoms with E-state index in [1.165, 1.54) is 0 Å². The first-order chi connectivity index (χ1) is 9.87. The molecule has 7 heteroatoms. The van der Waals surface area contributed by atoms with E-state index < -0.39 is 10.1 Å². The number of hydrogen-bond donors (Lipinski definition) is 0. The molecule has 0 amide bonds. The molecule has 1 aromatic heterocycles. The third-order valence-corrected chi connectivity index (χ3v) is 3.85. The number of carbonyl (C=O) groups excluding carboxylic acids is 1. The van der Waals surface area contributed by atoms with Crippen molar-refractivity contribution in [2.45, 2.75) is 13.5 Å². The Morgan fingerprint density at radius 2 is 2.14 bits per heavy atom. The van der Waals surface area contributed by atoms with Gasteiger partial charge in [0.25, 0.3) is 10.1 Å². The zero-order valence-electron chi connectivity index (χ0n) is 11.7. The van der Waals surface area contributed by atoms with Gasteiger partial charge in [0.1, 0.15) is 18.0 Å². The smallest absolute Gasteiger partial charge is 0.264 e. The van der Waals surface area contributed by atoms with Crippen LogP contribution in [0.5, 0.6) is 0 Å². The Bertz CT molecular complexity index is 844. The van der Waals surface area contributed by atoms with Crippen molar-refractivity contribution in [1.82, 2.24) is 4.57 Å². The summed E-state index contributed by atoms with van der Waals surface area (Å²) >= 11 is 0. The Labute approximate surface area is 122 Å². The summed E-state index contributed by atoms with van der Waals surface area (Å²) in [5.41, 5.74) is 2.53. The summed E-state index contributed by atoms with van der Waals surface area (Å²) in [6, 6.07) is 7.18. The van der Waals surface area contributed by atoms with E-state index in [9.17, 15) is 18.5 Å². The summed E-state index contributed by atoms with van der Waals surface area (Å²) in [5.74, 6) is 0. The van der Waals surface area contributed by atoms with Gasteiger partial charge in [-0.25, -0.2) is 0 Å². The number of aldehydes is 1. The second-order valence-corrected chi connectivity index (χ2v) is 6.29. The van der Waals surface area contributed by atoms with Gasteiger partial charge in [0.2, 0.25) is 0 Å². The molecule has 1 heterocycles. The van der Waals surface area contributed by atoms with Crippen LogP contribution in [0.4, 0.5) is 0 Å². The predicted octanol–water partition coefficient (Wildman–Crippen LogP) is 1.61. The van der Waals surface area contributed by atoms with E-state index >= 15 is 0 Å². The standard InChI is InChI=1S/C14H14N2O4S/c1-10-11(9-17)3-4-14-13(10)7-12(8-15)16(14)5-6-20-21(2,18)19/h3-4,7,9H,5-6H2,1-2H3. The van der Waals surface area contributed by atoms with Gasteiger partial charge in [-0.15, -0.1) is 0 Å². The van der Waals surface area contributed by atoms with Crippen LogP contribution < -0.4 is 0 Å². The minimum atomic E-state index is -3.51. The number of benzene rings is 1. The Kier molecular flexibility index (Phi) is 4.11. The van der Waals surface area contributed by atoms with Crippen LogP contribution in [-0.2, 0) is 20.8 Å². The van der Waals surface area contributed by atoms with E-state index in [-0.39, 0.29) is 13.2 Å². The molecule has 21 heavy (non-hydrogen) atoms. The Balaban J connectivity index is 2.45. The minimum Gasteiger partial charge on any atom is -0.330 e. The Morgan fingerprint density at radius 1 is 1.43 bits per heavy atom. The lowest BCUT2D eigenvalue weighted by Gasteiger charge is -2.08. The molecule has 0 saturated heterocycles. The van der Waals surface area contributed by atoms with Crippen molar-refractivity contribution >= 4 is 27.3 Å². The number of aromatic nitrogens is 1. The van der Waals surface area contributed by atoms with Crippen LogP contribution in [0.15, 0.2) is 18.2 Å². The molecular weight excluding hydrogens is 292 g/mol. The van der Waals surface area contributed by atoms with Gasteiger partial charge in [-0.1, -0.05) is 0 Å². The Morgan fingerprint density at radius 3 is 2.71 bits per heavy atom. The SMILES string of the molecule is Cc1c(C=O)ccc2c1cc(C#N)n2CCOS(C)(=O)=O. The number of carbonyl (C=O) groups is 1. The molecule has 0 bridgehead atoms. The van der Waals surface area contributed by atoms with Crippen molar-refractivity contribution in [1.29, 1.82) is 5.26 Å². The maximum atomic E-state index is 11.0. The van der Waals surface area contributed by atoms with Crippen LogP contribution in [0.2, 0.25) is 0 Å². The van der Waals surface area contributed by atoms with Crippen LogP contribution in [0, 0.1) is 18.3 Å². The number of aryl methyl sites for hydroxylation is 1. The molecule has 0 unspecified atom stereocenters. The highest BCUT2D eigenvalue weighted by atomic mass is 32.2. The number of fused-ring (bicyclic) bond motifs is 1. The average Bonchev–Trinajstić information content (AvgIpc) is 2.77. The molecular formula is C14H14N2O4S. The van der Waals surface area contributed by atoms with Crippen molar-refractivity contribution in [3.63, 3.8) is 0 Å². The van der Waals surface area contributed by atoms with Gasteiger partial charge in [0, 0.05) is 23.0 Å². The minimum absolute atomic E-state index is 0.0498. The van der Waals surface area contributed by atoms with Crippen LogP contribution in [0.3, 0.4) is 0 Å². The van der Waals surface area contributed by atoms with Gasteiger partial charge in [-0.05, 0) is 30.7 Å². The lowest BCUT2D eigenvalue weighted by atomic mass is 10.1. The lowest BCUT2D eigenvalue weighted by Crippen LogP contribution is -2.11. The van der Waals surface area contributed by atoms with Gasteiger partial charge < -0.3 is 4.57 Å².